The van der Waals surface area contributed by atoms with E-state index in [9.17, 15) is 9.59 Å². The lowest BCUT2D eigenvalue weighted by atomic mass is 10.0. The largest absolute Gasteiger partial charge is 0.355 e. The molecule has 1 aromatic carbocycles. The molecule has 1 rings (SSSR count). The fourth-order valence-electron chi connectivity index (χ4n) is 2.40. The first kappa shape index (κ1) is 19.2. The van der Waals surface area contributed by atoms with E-state index in [4.69, 9.17) is 0 Å². The average Bonchev–Trinajstić information content (AvgIpc) is 2.51. The Labute approximate surface area is 140 Å². The van der Waals surface area contributed by atoms with Crippen LogP contribution in [0.25, 0.3) is 0 Å². The van der Waals surface area contributed by atoms with E-state index >= 15 is 0 Å². The SMILES string of the molecule is Cc1ccccc1C(=O)NCC(=O)NCCCCCCC(C)C. The Bertz CT molecular complexity index is 498. The lowest BCUT2D eigenvalue weighted by Crippen LogP contribution is -2.37. The summed E-state index contributed by atoms with van der Waals surface area (Å²) < 4.78 is 0. The minimum atomic E-state index is -0.202. The van der Waals surface area contributed by atoms with Gasteiger partial charge in [0.2, 0.25) is 5.91 Å². The van der Waals surface area contributed by atoms with Crippen LogP contribution in [-0.4, -0.2) is 24.9 Å². The van der Waals surface area contributed by atoms with Gasteiger partial charge in [-0.25, -0.2) is 0 Å². The van der Waals surface area contributed by atoms with E-state index in [0.29, 0.717) is 12.1 Å². The van der Waals surface area contributed by atoms with E-state index in [1.54, 1.807) is 6.07 Å². The Morgan fingerprint density at radius 3 is 2.39 bits per heavy atom. The normalized spacial score (nSPS) is 10.6. The quantitative estimate of drug-likeness (QED) is 0.649. The van der Waals surface area contributed by atoms with Gasteiger partial charge in [0.25, 0.3) is 5.91 Å². The zero-order valence-electron chi connectivity index (χ0n) is 14.7. The van der Waals surface area contributed by atoms with E-state index in [1.807, 2.05) is 25.1 Å². The van der Waals surface area contributed by atoms with Gasteiger partial charge in [-0.3, -0.25) is 9.59 Å². The summed E-state index contributed by atoms with van der Waals surface area (Å²) in [6.07, 6.45) is 5.89. The number of rotatable bonds is 10. The number of benzene rings is 1. The monoisotopic (exact) mass is 318 g/mol. The van der Waals surface area contributed by atoms with E-state index in [1.165, 1.54) is 19.3 Å². The van der Waals surface area contributed by atoms with Gasteiger partial charge in [-0.05, 0) is 30.9 Å². The maximum Gasteiger partial charge on any atom is 0.251 e. The molecule has 0 aliphatic carbocycles. The minimum absolute atomic E-state index is 0.0283. The van der Waals surface area contributed by atoms with Gasteiger partial charge in [-0.15, -0.1) is 0 Å². The third-order valence-electron chi connectivity index (χ3n) is 3.83. The molecule has 0 fully saturated rings. The molecule has 0 aromatic heterocycles. The van der Waals surface area contributed by atoms with Gasteiger partial charge < -0.3 is 10.6 Å². The van der Waals surface area contributed by atoms with Gasteiger partial charge >= 0.3 is 0 Å². The smallest absolute Gasteiger partial charge is 0.251 e. The van der Waals surface area contributed by atoms with Crippen LogP contribution in [0, 0.1) is 12.8 Å². The van der Waals surface area contributed by atoms with Crippen LogP contribution in [0.4, 0.5) is 0 Å². The van der Waals surface area contributed by atoms with Gasteiger partial charge in [0.1, 0.15) is 0 Å². The molecule has 0 aliphatic heterocycles. The molecule has 0 saturated heterocycles. The molecule has 0 atom stereocenters. The van der Waals surface area contributed by atoms with Crippen LogP contribution in [0.5, 0.6) is 0 Å². The Morgan fingerprint density at radius 2 is 1.70 bits per heavy atom. The van der Waals surface area contributed by atoms with Crippen molar-refractivity contribution in [2.45, 2.75) is 52.9 Å². The molecule has 0 bridgehead atoms. The second-order valence-electron chi connectivity index (χ2n) is 6.44. The second-order valence-corrected chi connectivity index (χ2v) is 6.44. The number of hydrogen-bond donors (Lipinski definition) is 2. The molecule has 0 heterocycles. The van der Waals surface area contributed by atoms with E-state index in [-0.39, 0.29) is 18.4 Å². The maximum atomic E-state index is 12.0. The summed E-state index contributed by atoms with van der Waals surface area (Å²) in [7, 11) is 0. The Morgan fingerprint density at radius 1 is 1.00 bits per heavy atom. The van der Waals surface area contributed by atoms with Gasteiger partial charge in [0.15, 0.2) is 0 Å². The first-order valence-corrected chi connectivity index (χ1v) is 8.61. The molecular weight excluding hydrogens is 288 g/mol. The highest BCUT2D eigenvalue weighted by molar-refractivity contribution is 5.97. The molecule has 128 valence electrons. The summed E-state index contributed by atoms with van der Waals surface area (Å²) in [4.78, 5) is 23.7. The van der Waals surface area contributed by atoms with Crippen LogP contribution in [0.15, 0.2) is 24.3 Å². The number of aryl methyl sites for hydroxylation is 1. The summed E-state index contributed by atoms with van der Waals surface area (Å²) in [6.45, 7) is 7.08. The predicted octanol–water partition coefficient (Wildman–Crippen LogP) is 3.45. The summed E-state index contributed by atoms with van der Waals surface area (Å²) in [5.41, 5.74) is 1.53. The number of nitrogens with one attached hydrogen (secondary N) is 2. The van der Waals surface area contributed by atoms with Crippen molar-refractivity contribution in [3.8, 4) is 0 Å². The number of amides is 2. The van der Waals surface area contributed by atoms with Crippen molar-refractivity contribution in [3.63, 3.8) is 0 Å². The fourth-order valence-corrected chi connectivity index (χ4v) is 2.40. The highest BCUT2D eigenvalue weighted by Gasteiger charge is 2.09. The number of carbonyl (C=O) groups excluding carboxylic acids is 2. The Hall–Kier alpha value is -1.84. The molecule has 0 aliphatic rings. The molecule has 1 aromatic rings. The van der Waals surface area contributed by atoms with Crippen molar-refractivity contribution >= 4 is 11.8 Å². The second kappa shape index (κ2) is 10.8. The summed E-state index contributed by atoms with van der Waals surface area (Å²) in [5, 5.41) is 5.51. The third kappa shape index (κ3) is 8.38. The summed E-state index contributed by atoms with van der Waals surface area (Å²) in [5.74, 6) is 0.438. The van der Waals surface area contributed by atoms with Crippen molar-refractivity contribution in [2.24, 2.45) is 5.92 Å². The minimum Gasteiger partial charge on any atom is -0.355 e. The van der Waals surface area contributed by atoms with Crippen molar-refractivity contribution in [1.29, 1.82) is 0 Å². The highest BCUT2D eigenvalue weighted by Crippen LogP contribution is 2.09. The average molecular weight is 318 g/mol. The number of hydrogen-bond acceptors (Lipinski definition) is 2. The molecule has 0 saturated carbocycles. The van der Waals surface area contributed by atoms with E-state index in [2.05, 4.69) is 24.5 Å². The highest BCUT2D eigenvalue weighted by atomic mass is 16.2. The van der Waals surface area contributed by atoms with Crippen molar-refractivity contribution in [2.75, 3.05) is 13.1 Å². The summed E-state index contributed by atoms with van der Waals surface area (Å²) in [6, 6.07) is 7.36. The van der Waals surface area contributed by atoms with E-state index < -0.39 is 0 Å². The van der Waals surface area contributed by atoms with Crippen LogP contribution in [0.3, 0.4) is 0 Å². The van der Waals surface area contributed by atoms with Gasteiger partial charge in [-0.2, -0.15) is 0 Å². The standard InChI is InChI=1S/C19H30N2O2/c1-15(2)10-6-4-5-9-13-20-18(22)14-21-19(23)17-12-8-7-11-16(17)3/h7-8,11-12,15H,4-6,9-10,13-14H2,1-3H3,(H,20,22)(H,21,23). The zero-order chi connectivity index (χ0) is 17.1. The summed E-state index contributed by atoms with van der Waals surface area (Å²) >= 11 is 0. The predicted molar refractivity (Wildman–Crippen MR) is 94.4 cm³/mol. The Balaban J connectivity index is 2.11. The first-order valence-electron chi connectivity index (χ1n) is 8.61. The van der Waals surface area contributed by atoms with Crippen LogP contribution in [0.2, 0.25) is 0 Å². The topological polar surface area (TPSA) is 58.2 Å². The molecule has 23 heavy (non-hydrogen) atoms. The van der Waals surface area contributed by atoms with Crippen molar-refractivity contribution in [3.05, 3.63) is 35.4 Å². The zero-order valence-corrected chi connectivity index (χ0v) is 14.7. The lowest BCUT2D eigenvalue weighted by molar-refractivity contribution is -0.120. The molecule has 0 spiro atoms. The van der Waals surface area contributed by atoms with Crippen LogP contribution in [-0.2, 0) is 4.79 Å². The van der Waals surface area contributed by atoms with Gasteiger partial charge in [0, 0.05) is 12.1 Å². The Kier molecular flexibility index (Phi) is 9.03. The number of carbonyl (C=O) groups is 2. The molecule has 4 heteroatoms. The molecule has 0 unspecified atom stereocenters. The fraction of sp³-hybridized carbons (Fsp3) is 0.579. The van der Waals surface area contributed by atoms with Gasteiger partial charge in [-0.1, -0.05) is 57.7 Å². The van der Waals surface area contributed by atoms with Crippen LogP contribution < -0.4 is 10.6 Å². The maximum absolute atomic E-state index is 12.0. The van der Waals surface area contributed by atoms with Crippen LogP contribution in [0.1, 0.15) is 61.9 Å². The number of unbranched alkanes of at least 4 members (excludes halogenated alkanes) is 3. The lowest BCUT2D eigenvalue weighted by Gasteiger charge is -2.08. The van der Waals surface area contributed by atoms with E-state index in [0.717, 1.165) is 24.3 Å². The molecule has 4 nitrogen and oxygen atoms in total. The van der Waals surface area contributed by atoms with Crippen molar-refractivity contribution < 1.29 is 9.59 Å². The van der Waals surface area contributed by atoms with Crippen LogP contribution >= 0.6 is 0 Å². The molecule has 0 radical (unpaired) electrons. The first-order chi connectivity index (χ1) is 11.0. The molecular formula is C19H30N2O2. The molecule has 2 amide bonds. The molecule has 2 N–H and O–H groups in total. The third-order valence-corrected chi connectivity index (χ3v) is 3.83. The van der Waals surface area contributed by atoms with Gasteiger partial charge in [0.05, 0.1) is 6.54 Å². The van der Waals surface area contributed by atoms with Crippen molar-refractivity contribution in [1.82, 2.24) is 10.6 Å².